The first kappa shape index (κ1) is 18.0. The maximum atomic E-state index is 12.5. The zero-order valence-corrected chi connectivity index (χ0v) is 13.3. The van der Waals surface area contributed by atoms with Gasteiger partial charge in [0, 0.05) is 19.7 Å². The van der Waals surface area contributed by atoms with Gasteiger partial charge in [-0.2, -0.15) is 0 Å². The van der Waals surface area contributed by atoms with Crippen LogP contribution < -0.4 is 5.73 Å². The lowest BCUT2D eigenvalue weighted by atomic mass is 10.2. The molecular formula is C16H25ClN2O2. The summed E-state index contributed by atoms with van der Waals surface area (Å²) in [5.41, 5.74) is 6.73. The Balaban J connectivity index is 0.00000220. The molecule has 1 fully saturated rings. The molecule has 0 radical (unpaired) electrons. The fourth-order valence-electron chi connectivity index (χ4n) is 2.42. The number of rotatable bonds is 8. The molecule has 1 saturated carbocycles. The first-order chi connectivity index (χ1) is 9.76. The summed E-state index contributed by atoms with van der Waals surface area (Å²) in [5, 5.41) is 0. The van der Waals surface area contributed by atoms with Crippen molar-refractivity contribution >= 4 is 18.3 Å². The van der Waals surface area contributed by atoms with Gasteiger partial charge in [-0.3, -0.25) is 4.79 Å². The third-order valence-corrected chi connectivity index (χ3v) is 3.59. The number of hydrogen-bond acceptors (Lipinski definition) is 3. The average Bonchev–Trinajstić information content (AvgIpc) is 3.23. The van der Waals surface area contributed by atoms with Crippen molar-refractivity contribution in [3.05, 3.63) is 35.9 Å². The summed E-state index contributed by atoms with van der Waals surface area (Å²) in [6.07, 6.45) is 1.83. The molecule has 2 rings (SSSR count). The number of carbonyl (C=O) groups excluding carboxylic acids is 1. The minimum atomic E-state index is 0. The van der Waals surface area contributed by atoms with Gasteiger partial charge in [0.1, 0.15) is 0 Å². The summed E-state index contributed by atoms with van der Waals surface area (Å²) in [6.45, 7) is 4.64. The van der Waals surface area contributed by atoms with E-state index in [9.17, 15) is 4.79 Å². The van der Waals surface area contributed by atoms with Gasteiger partial charge in [-0.05, 0) is 31.9 Å². The van der Waals surface area contributed by atoms with E-state index in [4.69, 9.17) is 10.5 Å². The fraction of sp³-hybridized carbons (Fsp3) is 0.562. The Bertz CT molecular complexity index is 428. The summed E-state index contributed by atoms with van der Waals surface area (Å²) in [7, 11) is 0. The van der Waals surface area contributed by atoms with Crippen molar-refractivity contribution in [3.63, 3.8) is 0 Å². The normalized spacial score (nSPS) is 19.7. The Hall–Kier alpha value is -1.10. The molecule has 2 unspecified atom stereocenters. The van der Waals surface area contributed by atoms with E-state index >= 15 is 0 Å². The van der Waals surface area contributed by atoms with Crippen LogP contribution in [0.1, 0.15) is 25.3 Å². The van der Waals surface area contributed by atoms with Crippen LogP contribution in [0.5, 0.6) is 0 Å². The van der Waals surface area contributed by atoms with Gasteiger partial charge >= 0.3 is 0 Å². The highest BCUT2D eigenvalue weighted by Crippen LogP contribution is 2.35. The molecule has 5 heteroatoms. The van der Waals surface area contributed by atoms with Crippen LogP contribution in [0, 0.1) is 5.92 Å². The number of nitrogens with zero attached hydrogens (tertiary/aromatic N) is 1. The summed E-state index contributed by atoms with van der Waals surface area (Å²) in [4.78, 5) is 14.4. The van der Waals surface area contributed by atoms with Gasteiger partial charge in [0.25, 0.3) is 0 Å². The van der Waals surface area contributed by atoms with Crippen molar-refractivity contribution in [2.45, 2.75) is 32.4 Å². The smallest absolute Gasteiger partial charge is 0.228 e. The van der Waals surface area contributed by atoms with E-state index in [1.54, 1.807) is 0 Å². The molecule has 1 aromatic rings. The van der Waals surface area contributed by atoms with Crippen molar-refractivity contribution in [1.82, 2.24) is 4.90 Å². The summed E-state index contributed by atoms with van der Waals surface area (Å²) in [6, 6.07) is 10.1. The van der Waals surface area contributed by atoms with Gasteiger partial charge in [0.2, 0.25) is 5.91 Å². The van der Waals surface area contributed by atoms with Crippen LogP contribution in [-0.2, 0) is 16.1 Å². The second-order valence-corrected chi connectivity index (χ2v) is 5.22. The standard InChI is InChI=1S/C16H24N2O2.ClH/c1-2-20-15-11-14(15)16(19)18(10-6-9-17)12-13-7-4-3-5-8-13;/h3-5,7-8,14-15H,2,6,9-12,17H2,1H3;1H. The fourth-order valence-corrected chi connectivity index (χ4v) is 2.42. The zero-order valence-electron chi connectivity index (χ0n) is 12.5. The molecule has 0 aromatic heterocycles. The van der Waals surface area contributed by atoms with Gasteiger partial charge in [0.15, 0.2) is 0 Å². The second kappa shape index (κ2) is 9.03. The number of carbonyl (C=O) groups is 1. The van der Waals surface area contributed by atoms with Crippen molar-refractivity contribution < 1.29 is 9.53 Å². The Labute approximate surface area is 133 Å². The molecule has 4 nitrogen and oxygen atoms in total. The number of hydrogen-bond donors (Lipinski definition) is 1. The largest absolute Gasteiger partial charge is 0.378 e. The molecule has 0 saturated heterocycles. The van der Waals surface area contributed by atoms with Gasteiger partial charge in [-0.1, -0.05) is 30.3 Å². The molecule has 118 valence electrons. The lowest BCUT2D eigenvalue weighted by Crippen LogP contribution is -2.34. The second-order valence-electron chi connectivity index (χ2n) is 5.22. The predicted octanol–water partition coefficient (Wildman–Crippen LogP) is 2.21. The summed E-state index contributed by atoms with van der Waals surface area (Å²) < 4.78 is 5.52. The summed E-state index contributed by atoms with van der Waals surface area (Å²) >= 11 is 0. The van der Waals surface area contributed by atoms with Crippen molar-refractivity contribution in [3.8, 4) is 0 Å². The first-order valence-corrected chi connectivity index (χ1v) is 7.40. The number of amides is 1. The molecule has 0 bridgehead atoms. The third-order valence-electron chi connectivity index (χ3n) is 3.59. The first-order valence-electron chi connectivity index (χ1n) is 7.40. The molecule has 2 atom stereocenters. The highest BCUT2D eigenvalue weighted by Gasteiger charge is 2.45. The average molecular weight is 313 g/mol. The maximum Gasteiger partial charge on any atom is 0.228 e. The highest BCUT2D eigenvalue weighted by atomic mass is 35.5. The summed E-state index contributed by atoms with van der Waals surface area (Å²) in [5.74, 6) is 0.261. The van der Waals surface area contributed by atoms with E-state index in [2.05, 4.69) is 12.1 Å². The number of nitrogens with two attached hydrogens (primary N) is 1. The number of benzene rings is 1. The Morgan fingerprint density at radius 2 is 2.10 bits per heavy atom. The number of halogens is 1. The van der Waals surface area contributed by atoms with Gasteiger partial charge < -0.3 is 15.4 Å². The van der Waals surface area contributed by atoms with Gasteiger partial charge in [-0.15, -0.1) is 12.4 Å². The quantitative estimate of drug-likeness (QED) is 0.800. The topological polar surface area (TPSA) is 55.6 Å². The Morgan fingerprint density at radius 3 is 2.71 bits per heavy atom. The lowest BCUT2D eigenvalue weighted by molar-refractivity contribution is -0.134. The van der Waals surface area contributed by atoms with E-state index in [-0.39, 0.29) is 30.3 Å². The van der Waals surface area contributed by atoms with Gasteiger partial charge in [-0.25, -0.2) is 0 Å². The van der Waals surface area contributed by atoms with E-state index in [0.717, 1.165) is 24.9 Å². The van der Waals surface area contributed by atoms with Crippen molar-refractivity contribution in [1.29, 1.82) is 0 Å². The SMILES string of the molecule is CCOC1CC1C(=O)N(CCCN)Cc1ccccc1.Cl. The van der Waals surface area contributed by atoms with Crippen LogP contribution in [0.2, 0.25) is 0 Å². The molecule has 1 aliphatic carbocycles. The Morgan fingerprint density at radius 1 is 1.38 bits per heavy atom. The lowest BCUT2D eigenvalue weighted by Gasteiger charge is -2.23. The van der Waals surface area contributed by atoms with Crippen LogP contribution in [-0.4, -0.2) is 36.6 Å². The molecule has 1 amide bonds. The van der Waals surface area contributed by atoms with Crippen LogP contribution in [0.4, 0.5) is 0 Å². The highest BCUT2D eigenvalue weighted by molar-refractivity contribution is 5.85. The minimum absolute atomic E-state index is 0. The van der Waals surface area contributed by atoms with Crippen LogP contribution in [0.15, 0.2) is 30.3 Å². The van der Waals surface area contributed by atoms with Crippen molar-refractivity contribution in [2.75, 3.05) is 19.7 Å². The van der Waals surface area contributed by atoms with E-state index in [0.29, 0.717) is 19.7 Å². The molecule has 2 N–H and O–H groups in total. The third kappa shape index (κ3) is 5.30. The molecular weight excluding hydrogens is 288 g/mol. The van der Waals surface area contributed by atoms with Crippen LogP contribution in [0.25, 0.3) is 0 Å². The van der Waals surface area contributed by atoms with E-state index < -0.39 is 0 Å². The monoisotopic (exact) mass is 312 g/mol. The molecule has 0 heterocycles. The number of ether oxygens (including phenoxy) is 1. The molecule has 1 aromatic carbocycles. The maximum absolute atomic E-state index is 12.5. The predicted molar refractivity (Wildman–Crippen MR) is 86.3 cm³/mol. The molecule has 21 heavy (non-hydrogen) atoms. The zero-order chi connectivity index (χ0) is 14.4. The van der Waals surface area contributed by atoms with Crippen LogP contribution in [0.3, 0.4) is 0 Å². The minimum Gasteiger partial charge on any atom is -0.378 e. The molecule has 0 aliphatic heterocycles. The van der Waals surface area contributed by atoms with Crippen LogP contribution >= 0.6 is 12.4 Å². The van der Waals surface area contributed by atoms with Gasteiger partial charge in [0.05, 0.1) is 12.0 Å². The molecule has 0 spiro atoms. The Kier molecular flexibility index (Phi) is 7.72. The van der Waals surface area contributed by atoms with Crippen molar-refractivity contribution in [2.24, 2.45) is 11.7 Å². The van der Waals surface area contributed by atoms with E-state index in [1.165, 1.54) is 0 Å². The molecule has 1 aliphatic rings. The van der Waals surface area contributed by atoms with E-state index in [1.807, 2.05) is 30.0 Å².